The molecule has 2 aromatic carbocycles. The molecule has 0 fully saturated rings. The zero-order valence-corrected chi connectivity index (χ0v) is 17.1. The molecule has 1 aliphatic rings. The van der Waals surface area contributed by atoms with Crippen molar-refractivity contribution in [2.24, 2.45) is 7.05 Å². The second-order valence-corrected chi connectivity index (χ2v) is 8.00. The summed E-state index contributed by atoms with van der Waals surface area (Å²) in [4.78, 5) is 12.9. The molecule has 1 amide bonds. The predicted molar refractivity (Wildman–Crippen MR) is 112 cm³/mol. The van der Waals surface area contributed by atoms with Crippen LogP contribution in [0.3, 0.4) is 0 Å². The van der Waals surface area contributed by atoms with Gasteiger partial charge in [0.25, 0.3) is 5.91 Å². The topological polar surface area (TPSA) is 46.9 Å². The van der Waals surface area contributed by atoms with E-state index in [2.05, 4.69) is 32.4 Å². The number of rotatable bonds is 3. The highest BCUT2D eigenvalue weighted by atomic mass is 79.9. The van der Waals surface area contributed by atoms with Gasteiger partial charge in [-0.15, -0.1) is 0 Å². The number of fused-ring (bicyclic) bond motifs is 1. The van der Waals surface area contributed by atoms with E-state index in [9.17, 15) is 4.79 Å². The van der Waals surface area contributed by atoms with Crippen LogP contribution in [0.4, 0.5) is 5.82 Å². The van der Waals surface area contributed by atoms with Crippen LogP contribution in [-0.2, 0) is 19.9 Å². The third-order valence-electron chi connectivity index (χ3n) is 5.20. The largest absolute Gasteiger partial charge is 0.306 e. The first-order chi connectivity index (χ1) is 13.0. The van der Waals surface area contributed by atoms with E-state index in [0.717, 1.165) is 40.0 Å². The van der Waals surface area contributed by atoms with Crippen LogP contribution < -0.4 is 5.32 Å². The van der Waals surface area contributed by atoms with Crippen LogP contribution in [-0.4, -0.2) is 15.7 Å². The molecule has 0 unspecified atom stereocenters. The standard InChI is InChI=1S/C22H22BrN3O/c1-14-20(16-9-11-19(23)12-10-16)21(26(2)25-14)24-22(27)18-8-7-15-5-3-4-6-17(15)13-18/h7-13H,3-6H2,1-2H3,(H,24,27). The normalized spacial score (nSPS) is 13.3. The Labute approximate surface area is 167 Å². The summed E-state index contributed by atoms with van der Waals surface area (Å²) in [5.74, 6) is 0.627. The van der Waals surface area contributed by atoms with Crippen LogP contribution in [0.15, 0.2) is 46.9 Å². The third kappa shape index (κ3) is 3.56. The van der Waals surface area contributed by atoms with Gasteiger partial charge >= 0.3 is 0 Å². The fourth-order valence-electron chi connectivity index (χ4n) is 3.82. The van der Waals surface area contributed by atoms with Gasteiger partial charge < -0.3 is 5.32 Å². The number of anilines is 1. The van der Waals surface area contributed by atoms with Gasteiger partial charge in [-0.05, 0) is 73.6 Å². The van der Waals surface area contributed by atoms with Gasteiger partial charge in [0.2, 0.25) is 0 Å². The van der Waals surface area contributed by atoms with Crippen LogP contribution in [0.25, 0.3) is 11.1 Å². The average Bonchev–Trinajstić information content (AvgIpc) is 2.95. The fourth-order valence-corrected chi connectivity index (χ4v) is 4.08. The molecular weight excluding hydrogens is 402 g/mol. The van der Waals surface area contributed by atoms with E-state index in [4.69, 9.17) is 0 Å². The number of aryl methyl sites for hydroxylation is 4. The van der Waals surface area contributed by atoms with E-state index in [1.165, 1.54) is 24.0 Å². The number of benzene rings is 2. The van der Waals surface area contributed by atoms with Crippen molar-refractivity contribution in [3.8, 4) is 11.1 Å². The van der Waals surface area contributed by atoms with Crippen molar-refractivity contribution in [1.29, 1.82) is 0 Å². The lowest BCUT2D eigenvalue weighted by atomic mass is 9.90. The van der Waals surface area contributed by atoms with E-state index < -0.39 is 0 Å². The van der Waals surface area contributed by atoms with E-state index in [1.54, 1.807) is 4.68 Å². The second kappa shape index (κ2) is 7.31. The first-order valence-electron chi connectivity index (χ1n) is 9.25. The molecular formula is C22H22BrN3O. The molecule has 4 rings (SSSR count). The molecule has 138 valence electrons. The molecule has 0 radical (unpaired) electrons. The SMILES string of the molecule is Cc1nn(C)c(NC(=O)c2ccc3c(c2)CCCC3)c1-c1ccc(Br)cc1. The Balaban J connectivity index is 1.66. The molecule has 3 aromatic rings. The van der Waals surface area contributed by atoms with Crippen molar-refractivity contribution in [2.75, 3.05) is 5.32 Å². The van der Waals surface area contributed by atoms with Crippen molar-refractivity contribution in [1.82, 2.24) is 9.78 Å². The van der Waals surface area contributed by atoms with E-state index in [1.807, 2.05) is 50.4 Å². The van der Waals surface area contributed by atoms with Crippen molar-refractivity contribution < 1.29 is 4.79 Å². The Bertz CT molecular complexity index is 1010. The molecule has 0 bridgehead atoms. The molecule has 1 aliphatic carbocycles. The lowest BCUT2D eigenvalue weighted by Crippen LogP contribution is -2.16. The Morgan fingerprint density at radius 1 is 1.07 bits per heavy atom. The lowest BCUT2D eigenvalue weighted by molar-refractivity contribution is 0.102. The van der Waals surface area contributed by atoms with E-state index in [0.29, 0.717) is 5.56 Å². The summed E-state index contributed by atoms with van der Waals surface area (Å²) in [7, 11) is 1.86. The maximum atomic E-state index is 12.9. The Hall–Kier alpha value is -2.40. The van der Waals surface area contributed by atoms with Crippen molar-refractivity contribution in [3.63, 3.8) is 0 Å². The Morgan fingerprint density at radius 3 is 2.52 bits per heavy atom. The first kappa shape index (κ1) is 18.0. The van der Waals surface area contributed by atoms with Gasteiger partial charge in [-0.25, -0.2) is 0 Å². The van der Waals surface area contributed by atoms with Crippen LogP contribution in [0.5, 0.6) is 0 Å². The Morgan fingerprint density at radius 2 is 1.78 bits per heavy atom. The molecule has 0 atom stereocenters. The molecule has 1 N–H and O–H groups in total. The highest BCUT2D eigenvalue weighted by Crippen LogP contribution is 2.32. The van der Waals surface area contributed by atoms with Gasteiger partial charge in [-0.1, -0.05) is 34.1 Å². The summed E-state index contributed by atoms with van der Waals surface area (Å²) in [5, 5.41) is 7.60. The third-order valence-corrected chi connectivity index (χ3v) is 5.73. The zero-order valence-electron chi connectivity index (χ0n) is 15.6. The predicted octanol–water partition coefficient (Wildman–Crippen LogP) is 5.29. The number of hydrogen-bond donors (Lipinski definition) is 1. The van der Waals surface area contributed by atoms with Crippen molar-refractivity contribution >= 4 is 27.7 Å². The minimum absolute atomic E-state index is 0.0928. The molecule has 0 saturated heterocycles. The van der Waals surface area contributed by atoms with Crippen LogP contribution >= 0.6 is 15.9 Å². The second-order valence-electron chi connectivity index (χ2n) is 7.08. The summed E-state index contributed by atoms with van der Waals surface area (Å²) in [6.07, 6.45) is 4.62. The number of carbonyl (C=O) groups is 1. The molecule has 0 saturated carbocycles. The van der Waals surface area contributed by atoms with Crippen LogP contribution in [0.2, 0.25) is 0 Å². The summed E-state index contributed by atoms with van der Waals surface area (Å²) >= 11 is 3.47. The fraction of sp³-hybridized carbons (Fsp3) is 0.273. The number of nitrogens with zero attached hydrogens (tertiary/aromatic N) is 2. The number of nitrogens with one attached hydrogen (secondary N) is 1. The summed E-state index contributed by atoms with van der Waals surface area (Å²) in [6, 6.07) is 14.1. The van der Waals surface area contributed by atoms with Gasteiger partial charge in [-0.3, -0.25) is 9.48 Å². The molecule has 1 aromatic heterocycles. The van der Waals surface area contributed by atoms with Gasteiger partial charge in [0.15, 0.2) is 0 Å². The maximum absolute atomic E-state index is 12.9. The van der Waals surface area contributed by atoms with Crippen LogP contribution in [0, 0.1) is 6.92 Å². The monoisotopic (exact) mass is 423 g/mol. The van der Waals surface area contributed by atoms with Crippen molar-refractivity contribution in [3.05, 3.63) is 69.3 Å². The summed E-state index contributed by atoms with van der Waals surface area (Å²) < 4.78 is 2.76. The number of amides is 1. The lowest BCUT2D eigenvalue weighted by Gasteiger charge is -2.16. The van der Waals surface area contributed by atoms with E-state index >= 15 is 0 Å². The smallest absolute Gasteiger partial charge is 0.256 e. The maximum Gasteiger partial charge on any atom is 0.256 e. The number of carbonyl (C=O) groups excluding carboxylic acids is 1. The molecule has 0 spiro atoms. The van der Waals surface area contributed by atoms with Crippen LogP contribution in [0.1, 0.15) is 40.0 Å². The highest BCUT2D eigenvalue weighted by molar-refractivity contribution is 9.10. The molecule has 1 heterocycles. The summed E-state index contributed by atoms with van der Waals surface area (Å²) in [5.41, 5.74) is 6.27. The minimum atomic E-state index is -0.0928. The average molecular weight is 424 g/mol. The summed E-state index contributed by atoms with van der Waals surface area (Å²) in [6.45, 7) is 1.96. The number of halogens is 1. The number of hydrogen-bond acceptors (Lipinski definition) is 2. The van der Waals surface area contributed by atoms with Gasteiger partial charge in [0.05, 0.1) is 5.69 Å². The molecule has 27 heavy (non-hydrogen) atoms. The first-order valence-corrected chi connectivity index (χ1v) is 10.0. The molecule has 5 heteroatoms. The van der Waals surface area contributed by atoms with Crippen molar-refractivity contribution in [2.45, 2.75) is 32.6 Å². The molecule has 0 aliphatic heterocycles. The van der Waals surface area contributed by atoms with Gasteiger partial charge in [0.1, 0.15) is 5.82 Å². The zero-order chi connectivity index (χ0) is 19.0. The number of aromatic nitrogens is 2. The highest BCUT2D eigenvalue weighted by Gasteiger charge is 2.19. The molecule has 4 nitrogen and oxygen atoms in total. The minimum Gasteiger partial charge on any atom is -0.306 e. The van der Waals surface area contributed by atoms with E-state index in [-0.39, 0.29) is 5.91 Å². The Kier molecular flexibility index (Phi) is 4.87. The van der Waals surface area contributed by atoms with Gasteiger partial charge in [0, 0.05) is 22.6 Å². The van der Waals surface area contributed by atoms with Gasteiger partial charge in [-0.2, -0.15) is 5.10 Å². The quantitative estimate of drug-likeness (QED) is 0.621.